The van der Waals surface area contributed by atoms with E-state index in [2.05, 4.69) is 67.8 Å². The van der Waals surface area contributed by atoms with Crippen LogP contribution in [-0.2, 0) is 93.2 Å². The predicted octanol–water partition coefficient (Wildman–Crippen LogP) is 7.28. The Morgan fingerprint density at radius 1 is 0.483 bits per heavy atom. The zero-order chi connectivity index (χ0) is 87.1. The lowest BCUT2D eigenvalue weighted by atomic mass is 9.89. The van der Waals surface area contributed by atoms with Crippen molar-refractivity contribution in [3.05, 3.63) is 119 Å². The molecule has 0 fully saturated rings. The van der Waals surface area contributed by atoms with E-state index in [4.69, 9.17) is 9.47 Å². The van der Waals surface area contributed by atoms with Crippen LogP contribution in [0.25, 0.3) is 22.1 Å². The lowest BCUT2D eigenvalue weighted by Gasteiger charge is -2.27. The van der Waals surface area contributed by atoms with Gasteiger partial charge in [0.15, 0.2) is 0 Å². The van der Waals surface area contributed by atoms with Gasteiger partial charge in [0.1, 0.15) is 59.7 Å². The van der Waals surface area contributed by atoms with Gasteiger partial charge in [-0.3, -0.25) is 67.1 Å². The van der Waals surface area contributed by atoms with E-state index in [1.807, 2.05) is 83.1 Å². The van der Waals surface area contributed by atoms with Crippen molar-refractivity contribution < 1.29 is 76.6 Å². The Hall–Kier alpha value is -11.8. The molecule has 1 unspecified atom stereocenters. The molecule has 0 aliphatic carbocycles. The minimum Gasteiger partial charge on any atom is -0.469 e. The Balaban J connectivity index is 0.883. The number of esters is 2. The summed E-state index contributed by atoms with van der Waals surface area (Å²) in [6.45, 7) is 13.7. The maximum atomic E-state index is 14.8. The van der Waals surface area contributed by atoms with Gasteiger partial charge >= 0.3 is 11.9 Å². The van der Waals surface area contributed by atoms with Crippen LogP contribution >= 0.6 is 0 Å². The zero-order valence-electron chi connectivity index (χ0n) is 71.1. The van der Waals surface area contributed by atoms with Crippen molar-refractivity contribution in [2.45, 2.75) is 239 Å². The van der Waals surface area contributed by atoms with Gasteiger partial charge in [0.25, 0.3) is 11.8 Å². The van der Waals surface area contributed by atoms with E-state index in [0.717, 1.165) is 28.5 Å². The van der Waals surface area contributed by atoms with Crippen molar-refractivity contribution in [1.29, 1.82) is 0 Å². The molecular formula is C87H121N17O16. The highest BCUT2D eigenvalue weighted by atomic mass is 16.5. The summed E-state index contributed by atoms with van der Waals surface area (Å²) >= 11 is 0. The highest BCUT2D eigenvalue weighted by Crippen LogP contribution is 2.30. The molecule has 120 heavy (non-hydrogen) atoms. The number of Topliss-reactive ketones (excluding diaryl/α,β-unsaturated/α-hetero) is 1. The second-order valence-corrected chi connectivity index (χ2v) is 31.1. The molecule has 0 bridgehead atoms. The number of carbonyl (C=O) groups is 14. The fraction of sp³-hybridized carbons (Fsp3) is 0.540. The van der Waals surface area contributed by atoms with Gasteiger partial charge in [-0.05, 0) is 130 Å². The molecule has 0 saturated carbocycles. The van der Waals surface area contributed by atoms with E-state index in [1.165, 1.54) is 24.0 Å². The Morgan fingerprint density at radius 3 is 1.27 bits per heavy atom. The number of H-pyrrole nitrogens is 2. The fourth-order valence-electron chi connectivity index (χ4n) is 14.9. The number of anilines is 2. The molecule has 2 aliphatic heterocycles. The summed E-state index contributed by atoms with van der Waals surface area (Å²) in [5.41, 5.74) is 6.23. The lowest BCUT2D eigenvalue weighted by molar-refractivity contribution is -0.144. The van der Waals surface area contributed by atoms with E-state index in [9.17, 15) is 67.1 Å². The highest BCUT2D eigenvalue weighted by molar-refractivity contribution is 5.99. The number of hydrogen-bond acceptors (Lipinski definition) is 20. The smallest absolute Gasteiger partial charge is 0.308 e. The Bertz CT molecular complexity index is 4520. The number of nitrogens with one attached hydrogen (secondary N) is 11. The average Bonchev–Trinajstić information content (AvgIpc) is 1.67. The number of ether oxygens (including phenoxy) is 2. The zero-order valence-corrected chi connectivity index (χ0v) is 71.1. The van der Waals surface area contributed by atoms with Gasteiger partial charge in [-0.1, -0.05) is 111 Å². The minimum atomic E-state index is -1.45. The summed E-state index contributed by atoms with van der Waals surface area (Å²) < 4.78 is 9.88. The molecule has 650 valence electrons. The number of carbonyl (C=O) groups excluding carboxylic acids is 14. The van der Waals surface area contributed by atoms with Gasteiger partial charge in [0.05, 0.1) is 62.2 Å². The largest absolute Gasteiger partial charge is 0.469 e. The Labute approximate surface area is 701 Å². The van der Waals surface area contributed by atoms with Gasteiger partial charge in [-0.15, -0.1) is 0 Å². The number of para-hydroxylation sites is 4. The maximum absolute atomic E-state index is 14.8. The minimum absolute atomic E-state index is 0.0473. The van der Waals surface area contributed by atoms with Crippen LogP contribution < -0.4 is 47.9 Å². The number of fused-ring (bicyclic) bond motifs is 4. The molecule has 0 saturated heterocycles. The first-order valence-electron chi connectivity index (χ1n) is 42.1. The molecule has 11 N–H and O–H groups in total. The number of imidazole rings is 2. The number of hydrogen-bond donors (Lipinski definition) is 11. The molecule has 0 radical (unpaired) electrons. The first-order chi connectivity index (χ1) is 57.6. The predicted molar refractivity (Wildman–Crippen MR) is 451 cm³/mol. The number of aromatic nitrogens is 4. The van der Waals surface area contributed by atoms with Crippen LogP contribution in [0.4, 0.5) is 11.4 Å². The molecule has 0 spiro atoms. The van der Waals surface area contributed by atoms with Gasteiger partial charge in [0, 0.05) is 101 Å². The number of ketones is 1. The standard InChI is InChI=1S/C87H121N17O16/c1-12-24-53(7)72(105)46-54(25-13-2)78(109)97-69(83(114)100-68(29-17-6)82(113)99-66(27-15-4)80(111)89-41-23-43-104-50-58-45-56(35-37-60(58)91-71(87(104)118)48-77(108)120-11)85(116)102(9)52-74-94-63-32-20-21-33-64(63)95-74)38-39-75(106)96-67(28-16-5)81(112)98-65(26-14-3)79(110)88-40-22-42-103-49-57-44-55(34-36-59(57)90-70(86(103)117)47-76(107)119-10)84(115)101(8)51-73-92-61-30-18-19-31-62(61)93-73/h18-21,30-37,44-45,53-54,65-71,90-91H,12-17,22-29,38-43,46-52H2,1-11H3,(H,88,110)(H,89,111)(H,92,93)(H,94,95)(H,96,106)(H,97,109)(H,98,112)(H,99,113)(H,100,114)/t53-,54-,65+,66+,67+,68+,69?,70-,71+/m1/s1. The van der Waals surface area contributed by atoms with Crippen LogP contribution in [0.15, 0.2) is 84.9 Å². The first kappa shape index (κ1) is 93.7. The molecule has 33 heteroatoms. The van der Waals surface area contributed by atoms with Crippen LogP contribution in [0.3, 0.4) is 0 Å². The number of aromatic amines is 2. The van der Waals surface area contributed by atoms with Crippen molar-refractivity contribution in [3.8, 4) is 0 Å². The summed E-state index contributed by atoms with van der Waals surface area (Å²) in [5.74, 6) is -7.26. The van der Waals surface area contributed by atoms with Crippen LogP contribution in [0.1, 0.15) is 214 Å². The second-order valence-electron chi connectivity index (χ2n) is 31.1. The molecular weight excluding hydrogens is 1540 g/mol. The molecule has 2 aliphatic rings. The summed E-state index contributed by atoms with van der Waals surface area (Å²) in [4.78, 5) is 217. The van der Waals surface area contributed by atoms with Crippen molar-refractivity contribution in [3.63, 3.8) is 0 Å². The number of methoxy groups -OCH3 is 2. The molecule has 6 aromatic rings. The van der Waals surface area contributed by atoms with Crippen molar-refractivity contribution >= 4 is 116 Å². The monoisotopic (exact) mass is 1660 g/mol. The third-order valence-corrected chi connectivity index (χ3v) is 21.5. The van der Waals surface area contributed by atoms with Crippen molar-refractivity contribution in [1.82, 2.24) is 76.8 Å². The third kappa shape index (κ3) is 26.9. The van der Waals surface area contributed by atoms with Crippen LogP contribution in [-0.4, -0.2) is 219 Å². The fourth-order valence-corrected chi connectivity index (χ4v) is 14.9. The quantitative estimate of drug-likeness (QED) is 0.0132. The molecule has 4 heterocycles. The Kier molecular flexibility index (Phi) is 36.3. The van der Waals surface area contributed by atoms with Crippen LogP contribution in [0, 0.1) is 11.8 Å². The average molecular weight is 1660 g/mol. The maximum Gasteiger partial charge on any atom is 0.308 e. The summed E-state index contributed by atoms with van der Waals surface area (Å²) in [6, 6.07) is 17.1. The highest BCUT2D eigenvalue weighted by Gasteiger charge is 2.37. The number of nitrogens with zero attached hydrogens (tertiary/aromatic N) is 6. The van der Waals surface area contributed by atoms with E-state index in [-0.39, 0.29) is 140 Å². The molecule has 33 nitrogen and oxygen atoms in total. The van der Waals surface area contributed by atoms with E-state index in [1.54, 1.807) is 74.1 Å². The first-order valence-corrected chi connectivity index (χ1v) is 42.1. The van der Waals surface area contributed by atoms with E-state index >= 15 is 0 Å². The summed E-state index contributed by atoms with van der Waals surface area (Å²) in [7, 11) is 5.78. The SMILES string of the molecule is CCC[C@H](CC(=O)[C@H](C)CCC)C(=O)NC(CCC(=O)N[C@@H](CCC)C(=O)N[C@@H](CCC)C(=O)NCCCN1Cc2cc(C(=O)N(C)Cc3nc4ccccc4[nH]3)ccc2N[C@H](CC(=O)OC)C1=O)C(=O)N[C@@H](CCC)C(=O)N[C@@H](CCC)C(=O)NCCCN1Cc2cc(C(=O)N(C)Cc3nc4ccccc4[nH]3)ccc2N[C@@H](CC(=O)OC)C1=O. The number of amides is 11. The van der Waals surface area contributed by atoms with Gasteiger partial charge in [-0.2, -0.15) is 0 Å². The van der Waals surface area contributed by atoms with Gasteiger partial charge in [-0.25, -0.2) is 9.97 Å². The molecule has 11 amide bonds. The van der Waals surface area contributed by atoms with E-state index in [0.29, 0.717) is 90.2 Å². The van der Waals surface area contributed by atoms with Crippen molar-refractivity contribution in [2.75, 3.05) is 65.1 Å². The molecule has 8 rings (SSSR count). The number of rotatable bonds is 47. The topological polar surface area (TPSA) is 436 Å². The summed E-state index contributed by atoms with van der Waals surface area (Å²) in [6.07, 6.45) is 3.61. The molecule has 9 atom stereocenters. The molecule has 2 aromatic heterocycles. The summed E-state index contributed by atoms with van der Waals surface area (Å²) in [5, 5.41) is 26.1. The molecule has 4 aromatic carbocycles. The normalized spacial score (nSPS) is 15.5. The van der Waals surface area contributed by atoms with Crippen molar-refractivity contribution in [2.24, 2.45) is 11.8 Å². The Morgan fingerprint density at radius 2 is 0.867 bits per heavy atom. The second kappa shape index (κ2) is 46.5. The number of benzene rings is 4. The van der Waals surface area contributed by atoms with Gasteiger partial charge in [0.2, 0.25) is 53.2 Å². The lowest BCUT2D eigenvalue weighted by Crippen LogP contribution is -2.57. The van der Waals surface area contributed by atoms with Crippen LogP contribution in [0.2, 0.25) is 0 Å². The van der Waals surface area contributed by atoms with E-state index < -0.39 is 120 Å². The third-order valence-electron chi connectivity index (χ3n) is 21.5. The van der Waals surface area contributed by atoms with Crippen LogP contribution in [0.5, 0.6) is 0 Å². The van der Waals surface area contributed by atoms with Gasteiger partial charge < -0.3 is 86.9 Å².